The average Bonchev–Trinajstić information content (AvgIpc) is 2.42. The van der Waals surface area contributed by atoms with E-state index < -0.39 is 12.0 Å². The van der Waals surface area contributed by atoms with Crippen LogP contribution in [0.15, 0.2) is 0 Å². The molecule has 2 fully saturated rings. The van der Waals surface area contributed by atoms with E-state index in [1.165, 1.54) is 0 Å². The molecule has 0 bridgehead atoms. The van der Waals surface area contributed by atoms with Gasteiger partial charge in [0.25, 0.3) is 0 Å². The van der Waals surface area contributed by atoms with Crippen LogP contribution in [0.1, 0.15) is 6.42 Å². The van der Waals surface area contributed by atoms with Crippen LogP contribution in [0, 0.1) is 0 Å². The van der Waals surface area contributed by atoms with E-state index in [1.807, 2.05) is 0 Å². The molecule has 0 aromatic heterocycles. The van der Waals surface area contributed by atoms with Gasteiger partial charge in [0.15, 0.2) is 0 Å². The van der Waals surface area contributed by atoms with Gasteiger partial charge in [-0.1, -0.05) is 0 Å². The Morgan fingerprint density at radius 3 is 2.92 bits per heavy atom. The summed E-state index contributed by atoms with van der Waals surface area (Å²) in [5.74, 6) is -0.806. The van der Waals surface area contributed by atoms with Crippen LogP contribution in [-0.2, 0) is 4.79 Å². The van der Waals surface area contributed by atoms with Gasteiger partial charge in [0, 0.05) is 25.7 Å². The number of aliphatic hydroxyl groups excluding tert-OH is 1. The van der Waals surface area contributed by atoms with Crippen LogP contribution in [0.2, 0.25) is 0 Å². The van der Waals surface area contributed by atoms with Gasteiger partial charge in [-0.2, -0.15) is 0 Å². The van der Waals surface area contributed by atoms with E-state index in [1.54, 1.807) is 0 Å². The van der Waals surface area contributed by atoms with Crippen molar-refractivity contribution in [3.8, 4) is 0 Å². The molecule has 0 aromatic carbocycles. The van der Waals surface area contributed by atoms with E-state index in [2.05, 4.69) is 10.2 Å². The summed E-state index contributed by atoms with van der Waals surface area (Å²) in [6, 6.07) is -0.146. The van der Waals surface area contributed by atoms with E-state index >= 15 is 0 Å². The van der Waals surface area contributed by atoms with E-state index in [9.17, 15) is 9.90 Å². The quantitative estimate of drug-likeness (QED) is 0.464. The Morgan fingerprint density at radius 1 is 1.46 bits per heavy atom. The zero-order chi connectivity index (χ0) is 9.42. The van der Waals surface area contributed by atoms with Gasteiger partial charge in [0.05, 0.1) is 6.10 Å². The lowest BCUT2D eigenvalue weighted by atomic mass is 10.1. The molecule has 2 aliphatic rings. The van der Waals surface area contributed by atoms with Crippen LogP contribution >= 0.6 is 0 Å². The molecule has 2 rings (SSSR count). The molecular formula is C8H14N2O3. The molecule has 2 unspecified atom stereocenters. The summed E-state index contributed by atoms with van der Waals surface area (Å²) in [6.07, 6.45) is 0.485. The highest BCUT2D eigenvalue weighted by Gasteiger charge is 2.37. The van der Waals surface area contributed by atoms with Gasteiger partial charge in [0.2, 0.25) is 0 Å². The fraction of sp³-hybridized carbons (Fsp3) is 0.875. The highest BCUT2D eigenvalue weighted by molar-refractivity contribution is 5.73. The van der Waals surface area contributed by atoms with Gasteiger partial charge < -0.3 is 15.5 Å². The first-order valence-electron chi connectivity index (χ1n) is 4.55. The zero-order valence-electron chi connectivity index (χ0n) is 7.31. The number of carbonyl (C=O) groups is 1. The molecule has 3 N–H and O–H groups in total. The van der Waals surface area contributed by atoms with Crippen LogP contribution in [-0.4, -0.2) is 58.9 Å². The number of aliphatic carboxylic acids is 1. The average molecular weight is 186 g/mol. The Bertz CT molecular complexity index is 221. The van der Waals surface area contributed by atoms with Crippen molar-refractivity contribution in [1.82, 2.24) is 10.2 Å². The molecule has 3 atom stereocenters. The lowest BCUT2D eigenvalue weighted by molar-refractivity contribution is -0.140. The molecular weight excluding hydrogens is 172 g/mol. The van der Waals surface area contributed by atoms with Crippen LogP contribution in [0.25, 0.3) is 0 Å². The first-order chi connectivity index (χ1) is 6.16. The van der Waals surface area contributed by atoms with E-state index in [0.29, 0.717) is 25.7 Å². The van der Waals surface area contributed by atoms with Gasteiger partial charge in [-0.05, 0) is 6.42 Å². The van der Waals surface area contributed by atoms with Crippen molar-refractivity contribution in [2.45, 2.75) is 24.6 Å². The fourth-order valence-corrected chi connectivity index (χ4v) is 2.14. The predicted molar refractivity (Wildman–Crippen MR) is 45.4 cm³/mol. The van der Waals surface area contributed by atoms with Crippen molar-refractivity contribution in [2.75, 3.05) is 19.6 Å². The molecule has 13 heavy (non-hydrogen) atoms. The van der Waals surface area contributed by atoms with Crippen LogP contribution in [0.4, 0.5) is 0 Å². The first-order valence-corrected chi connectivity index (χ1v) is 4.55. The second-order valence-electron chi connectivity index (χ2n) is 3.80. The van der Waals surface area contributed by atoms with Gasteiger partial charge in [-0.15, -0.1) is 0 Å². The second kappa shape index (κ2) is 3.25. The van der Waals surface area contributed by atoms with Crippen LogP contribution in [0.3, 0.4) is 0 Å². The Morgan fingerprint density at radius 2 is 2.23 bits per heavy atom. The summed E-state index contributed by atoms with van der Waals surface area (Å²) in [5.41, 5.74) is 0. The highest BCUT2D eigenvalue weighted by Crippen LogP contribution is 2.20. The summed E-state index contributed by atoms with van der Waals surface area (Å²) in [6.45, 7) is 1.81. The molecule has 2 saturated heterocycles. The molecule has 0 radical (unpaired) electrons. The fourth-order valence-electron chi connectivity index (χ4n) is 2.14. The summed E-state index contributed by atoms with van der Waals surface area (Å²) in [4.78, 5) is 12.7. The first kappa shape index (κ1) is 8.93. The Balaban J connectivity index is 1.97. The Kier molecular flexibility index (Phi) is 2.23. The van der Waals surface area contributed by atoms with Crippen LogP contribution < -0.4 is 5.32 Å². The number of nitrogens with one attached hydrogen (secondary N) is 1. The molecule has 5 heteroatoms. The third kappa shape index (κ3) is 1.67. The Hall–Kier alpha value is -0.650. The number of nitrogens with zero attached hydrogens (tertiary/aromatic N) is 1. The largest absolute Gasteiger partial charge is 0.480 e. The smallest absolute Gasteiger partial charge is 0.322 e. The molecule has 2 heterocycles. The third-order valence-corrected chi connectivity index (χ3v) is 2.82. The van der Waals surface area contributed by atoms with Crippen molar-refractivity contribution in [3.05, 3.63) is 0 Å². The molecule has 0 spiro atoms. The lowest BCUT2D eigenvalue weighted by Crippen LogP contribution is -2.56. The number of aliphatic hydroxyl groups is 1. The minimum atomic E-state index is -0.806. The van der Waals surface area contributed by atoms with Crippen molar-refractivity contribution < 1.29 is 15.0 Å². The summed E-state index contributed by atoms with van der Waals surface area (Å²) in [7, 11) is 0. The van der Waals surface area contributed by atoms with E-state index in [4.69, 9.17) is 5.11 Å². The normalized spacial score (nSPS) is 40.2. The number of fused-ring (bicyclic) bond motifs is 1. The minimum absolute atomic E-state index is 0.278. The number of hydrogen-bond acceptors (Lipinski definition) is 4. The Labute approximate surface area is 76.3 Å². The summed E-state index contributed by atoms with van der Waals surface area (Å²) >= 11 is 0. The minimum Gasteiger partial charge on any atom is -0.480 e. The zero-order valence-corrected chi connectivity index (χ0v) is 7.31. The molecule has 0 saturated carbocycles. The van der Waals surface area contributed by atoms with Gasteiger partial charge in [-0.3, -0.25) is 9.69 Å². The number of carboxylic acids is 1. The summed E-state index contributed by atoms with van der Waals surface area (Å²) < 4.78 is 0. The molecule has 74 valence electrons. The SMILES string of the molecule is O=C(O)C1CN2CC(O)C[C@@H]2CN1. The molecule has 5 nitrogen and oxygen atoms in total. The topological polar surface area (TPSA) is 72.8 Å². The maximum atomic E-state index is 10.7. The molecule has 0 aliphatic carbocycles. The molecule has 0 aromatic rings. The maximum Gasteiger partial charge on any atom is 0.322 e. The number of hydrogen-bond donors (Lipinski definition) is 3. The maximum absolute atomic E-state index is 10.7. The van der Waals surface area contributed by atoms with Crippen molar-refractivity contribution >= 4 is 5.97 Å². The van der Waals surface area contributed by atoms with Crippen LogP contribution in [0.5, 0.6) is 0 Å². The van der Waals surface area contributed by atoms with E-state index in [0.717, 1.165) is 6.42 Å². The second-order valence-corrected chi connectivity index (χ2v) is 3.80. The predicted octanol–water partition coefficient (Wildman–Crippen LogP) is -1.52. The van der Waals surface area contributed by atoms with Crippen molar-refractivity contribution in [2.24, 2.45) is 0 Å². The van der Waals surface area contributed by atoms with Gasteiger partial charge in [0.1, 0.15) is 6.04 Å². The van der Waals surface area contributed by atoms with Gasteiger partial charge >= 0.3 is 5.97 Å². The van der Waals surface area contributed by atoms with Crippen molar-refractivity contribution in [1.29, 1.82) is 0 Å². The van der Waals surface area contributed by atoms with E-state index in [-0.39, 0.29) is 6.10 Å². The standard InChI is InChI=1S/C8H14N2O3/c11-6-1-5-2-9-7(8(12)13)4-10(5)3-6/h5-7,9,11H,1-4H2,(H,12,13)/t5-,6?,7?/m1/s1. The lowest BCUT2D eigenvalue weighted by Gasteiger charge is -2.33. The summed E-state index contributed by atoms with van der Waals surface area (Å²) in [5, 5.41) is 21.1. The van der Waals surface area contributed by atoms with Gasteiger partial charge in [-0.25, -0.2) is 0 Å². The highest BCUT2D eigenvalue weighted by atomic mass is 16.4. The monoisotopic (exact) mass is 186 g/mol. The van der Waals surface area contributed by atoms with Crippen molar-refractivity contribution in [3.63, 3.8) is 0 Å². The number of piperazine rings is 1. The number of rotatable bonds is 1. The number of carboxylic acid groups (broad SMARTS) is 1. The third-order valence-electron chi connectivity index (χ3n) is 2.82. The molecule has 2 aliphatic heterocycles. The molecule has 0 amide bonds.